The Balaban J connectivity index is 0.00000133. The number of amides is 1. The van der Waals surface area contributed by atoms with Gasteiger partial charge in [-0.3, -0.25) is 4.79 Å². The third-order valence-electron chi connectivity index (χ3n) is 3.89. The van der Waals surface area contributed by atoms with Gasteiger partial charge < -0.3 is 10.2 Å². The lowest BCUT2D eigenvalue weighted by Gasteiger charge is -2.31. The van der Waals surface area contributed by atoms with E-state index in [9.17, 15) is 9.18 Å². The molecule has 1 amide bonds. The molecule has 3 nitrogen and oxygen atoms in total. The highest BCUT2D eigenvalue weighted by molar-refractivity contribution is 5.85. The molecular weight excluding hydrogens is 267 g/mol. The predicted molar refractivity (Wildman–Crippen MR) is 73.8 cm³/mol. The fraction of sp³-hybridized carbons (Fsp3) is 0.500. The third kappa shape index (κ3) is 2.74. The van der Waals surface area contributed by atoms with E-state index in [1.807, 2.05) is 6.07 Å². The Bertz CT molecular complexity index is 475. The minimum atomic E-state index is -0.190. The van der Waals surface area contributed by atoms with Gasteiger partial charge in [-0.05, 0) is 37.4 Å². The molecule has 0 aliphatic carbocycles. The first kappa shape index (κ1) is 14.3. The zero-order valence-corrected chi connectivity index (χ0v) is 11.5. The Hall–Kier alpha value is -1.13. The summed E-state index contributed by atoms with van der Waals surface area (Å²) in [6.07, 6.45) is 2.71. The molecular formula is C14H18ClFN2O. The normalized spacial score (nSPS) is 21.7. The van der Waals surface area contributed by atoms with E-state index in [4.69, 9.17) is 0 Å². The standard InChI is InChI=1S/C14H17FN2O.ClH/c15-12-4-1-3-10-6-8-17(9-11(10)12)14(18)13-5-2-7-16-13;/h1,3-4,13,16H,2,5-9H2;1H. The first-order valence-corrected chi connectivity index (χ1v) is 6.54. The van der Waals surface area contributed by atoms with E-state index in [2.05, 4.69) is 5.32 Å². The lowest BCUT2D eigenvalue weighted by Crippen LogP contribution is -2.45. The average molecular weight is 285 g/mol. The molecule has 0 aromatic heterocycles. The van der Waals surface area contributed by atoms with E-state index in [0.717, 1.165) is 31.4 Å². The highest BCUT2D eigenvalue weighted by Crippen LogP contribution is 2.23. The van der Waals surface area contributed by atoms with Crippen molar-refractivity contribution >= 4 is 18.3 Å². The molecule has 1 unspecified atom stereocenters. The van der Waals surface area contributed by atoms with Crippen molar-refractivity contribution in [2.24, 2.45) is 0 Å². The monoisotopic (exact) mass is 284 g/mol. The van der Waals surface area contributed by atoms with Crippen LogP contribution in [0.5, 0.6) is 0 Å². The van der Waals surface area contributed by atoms with Gasteiger partial charge in [-0.2, -0.15) is 0 Å². The van der Waals surface area contributed by atoms with Crippen LogP contribution >= 0.6 is 12.4 Å². The molecule has 1 atom stereocenters. The highest BCUT2D eigenvalue weighted by atomic mass is 35.5. The minimum Gasteiger partial charge on any atom is -0.337 e. The SMILES string of the molecule is Cl.O=C(C1CCCN1)N1CCc2cccc(F)c2C1. The summed E-state index contributed by atoms with van der Waals surface area (Å²) in [5.74, 6) is -0.0641. The van der Waals surface area contributed by atoms with Crippen LogP contribution < -0.4 is 5.32 Å². The molecule has 0 saturated carbocycles. The van der Waals surface area contributed by atoms with E-state index < -0.39 is 0 Å². The van der Waals surface area contributed by atoms with Crippen LogP contribution in [0.1, 0.15) is 24.0 Å². The Morgan fingerprint density at radius 1 is 1.42 bits per heavy atom. The second-order valence-electron chi connectivity index (χ2n) is 5.04. The summed E-state index contributed by atoms with van der Waals surface area (Å²) in [7, 11) is 0. The Morgan fingerprint density at radius 3 is 3.00 bits per heavy atom. The van der Waals surface area contributed by atoms with Crippen molar-refractivity contribution in [3.05, 3.63) is 35.1 Å². The van der Waals surface area contributed by atoms with Crippen molar-refractivity contribution in [1.82, 2.24) is 10.2 Å². The molecule has 0 spiro atoms. The van der Waals surface area contributed by atoms with Gasteiger partial charge in [-0.25, -0.2) is 4.39 Å². The van der Waals surface area contributed by atoms with Gasteiger partial charge >= 0.3 is 0 Å². The molecule has 104 valence electrons. The molecule has 1 aromatic carbocycles. The third-order valence-corrected chi connectivity index (χ3v) is 3.89. The molecule has 0 bridgehead atoms. The Labute approximate surface area is 118 Å². The van der Waals surface area contributed by atoms with Gasteiger partial charge in [0.2, 0.25) is 5.91 Å². The van der Waals surface area contributed by atoms with Gasteiger partial charge in [0.1, 0.15) is 5.82 Å². The van der Waals surface area contributed by atoms with Crippen molar-refractivity contribution in [3.8, 4) is 0 Å². The number of hydrogen-bond donors (Lipinski definition) is 1. The van der Waals surface area contributed by atoms with Gasteiger partial charge in [0.15, 0.2) is 0 Å². The van der Waals surface area contributed by atoms with E-state index in [1.54, 1.807) is 11.0 Å². The summed E-state index contributed by atoms with van der Waals surface area (Å²) in [4.78, 5) is 14.0. The summed E-state index contributed by atoms with van der Waals surface area (Å²) >= 11 is 0. The Kier molecular flexibility index (Phi) is 4.42. The van der Waals surface area contributed by atoms with Crippen molar-refractivity contribution < 1.29 is 9.18 Å². The van der Waals surface area contributed by atoms with E-state index in [-0.39, 0.29) is 30.2 Å². The predicted octanol–water partition coefficient (Wildman–Crippen LogP) is 1.88. The maximum atomic E-state index is 13.7. The van der Waals surface area contributed by atoms with E-state index in [1.165, 1.54) is 6.07 Å². The number of rotatable bonds is 1. The summed E-state index contributed by atoms with van der Waals surface area (Å²) in [5.41, 5.74) is 1.73. The first-order chi connectivity index (χ1) is 8.75. The zero-order valence-electron chi connectivity index (χ0n) is 10.7. The molecule has 5 heteroatoms. The summed E-state index contributed by atoms with van der Waals surface area (Å²) in [6, 6.07) is 5.11. The van der Waals surface area contributed by atoms with Crippen LogP contribution in [0.25, 0.3) is 0 Å². The van der Waals surface area contributed by atoms with E-state index >= 15 is 0 Å². The number of benzene rings is 1. The zero-order chi connectivity index (χ0) is 12.5. The number of fused-ring (bicyclic) bond motifs is 1. The smallest absolute Gasteiger partial charge is 0.240 e. The molecule has 2 aliphatic heterocycles. The minimum absolute atomic E-state index is 0. The molecule has 1 N–H and O–H groups in total. The number of nitrogens with zero attached hydrogens (tertiary/aromatic N) is 1. The van der Waals surface area contributed by atoms with Crippen molar-refractivity contribution in [2.75, 3.05) is 13.1 Å². The molecule has 0 radical (unpaired) electrons. The quantitative estimate of drug-likeness (QED) is 0.854. The van der Waals surface area contributed by atoms with Gasteiger partial charge in [0.05, 0.1) is 6.04 Å². The van der Waals surface area contributed by atoms with Gasteiger partial charge in [-0.15, -0.1) is 12.4 Å². The van der Waals surface area contributed by atoms with Crippen LogP contribution in [0.2, 0.25) is 0 Å². The van der Waals surface area contributed by atoms with Crippen LogP contribution in [-0.2, 0) is 17.8 Å². The number of hydrogen-bond acceptors (Lipinski definition) is 2. The topological polar surface area (TPSA) is 32.3 Å². The summed E-state index contributed by atoms with van der Waals surface area (Å²) in [5, 5.41) is 3.21. The number of halogens is 2. The maximum absolute atomic E-state index is 13.7. The first-order valence-electron chi connectivity index (χ1n) is 6.54. The van der Waals surface area contributed by atoms with Crippen molar-refractivity contribution in [3.63, 3.8) is 0 Å². The molecule has 3 rings (SSSR count). The summed E-state index contributed by atoms with van der Waals surface area (Å²) in [6.45, 7) is 2.03. The number of carbonyl (C=O) groups excluding carboxylic acids is 1. The number of nitrogens with one attached hydrogen (secondary N) is 1. The molecule has 2 heterocycles. The van der Waals surface area contributed by atoms with Crippen molar-refractivity contribution in [2.45, 2.75) is 31.8 Å². The largest absolute Gasteiger partial charge is 0.337 e. The Morgan fingerprint density at radius 2 is 2.26 bits per heavy atom. The second-order valence-corrected chi connectivity index (χ2v) is 5.04. The molecule has 2 aliphatic rings. The lowest BCUT2D eigenvalue weighted by atomic mass is 9.98. The van der Waals surface area contributed by atoms with Crippen LogP contribution in [0, 0.1) is 5.82 Å². The van der Waals surface area contributed by atoms with Crippen molar-refractivity contribution in [1.29, 1.82) is 0 Å². The molecule has 1 saturated heterocycles. The lowest BCUT2D eigenvalue weighted by molar-refractivity contribution is -0.134. The fourth-order valence-corrected chi connectivity index (χ4v) is 2.84. The summed E-state index contributed by atoms with van der Waals surface area (Å²) < 4.78 is 13.7. The van der Waals surface area contributed by atoms with Gasteiger partial charge in [-0.1, -0.05) is 12.1 Å². The van der Waals surface area contributed by atoms with Crippen LogP contribution in [0.15, 0.2) is 18.2 Å². The van der Waals surface area contributed by atoms with Crippen LogP contribution in [0.3, 0.4) is 0 Å². The second kappa shape index (κ2) is 5.88. The van der Waals surface area contributed by atoms with Gasteiger partial charge in [0.25, 0.3) is 0 Å². The van der Waals surface area contributed by atoms with Gasteiger partial charge in [0, 0.05) is 18.7 Å². The maximum Gasteiger partial charge on any atom is 0.240 e. The number of carbonyl (C=O) groups is 1. The van der Waals surface area contributed by atoms with Crippen LogP contribution in [-0.4, -0.2) is 29.9 Å². The van der Waals surface area contributed by atoms with Crippen LogP contribution in [0.4, 0.5) is 4.39 Å². The molecule has 19 heavy (non-hydrogen) atoms. The highest BCUT2D eigenvalue weighted by Gasteiger charge is 2.29. The average Bonchev–Trinajstić information content (AvgIpc) is 2.92. The molecule has 1 fully saturated rings. The molecule has 1 aromatic rings. The van der Waals surface area contributed by atoms with E-state index in [0.29, 0.717) is 18.7 Å². The fourth-order valence-electron chi connectivity index (χ4n) is 2.84.